The first kappa shape index (κ1) is 6.71. The third-order valence-electron chi connectivity index (χ3n) is 2.05. The van der Waals surface area contributed by atoms with E-state index in [1.165, 1.54) is 11.1 Å². The van der Waals surface area contributed by atoms with Gasteiger partial charge in [0.15, 0.2) is 0 Å². The number of aryl methyl sites for hydroxylation is 1. The average Bonchev–Trinajstić information content (AvgIpc) is 2.27. The van der Waals surface area contributed by atoms with Crippen LogP contribution in [-0.2, 0) is 6.42 Å². The first-order valence-corrected chi connectivity index (χ1v) is 4.02. The van der Waals surface area contributed by atoms with E-state index < -0.39 is 0 Å². The van der Waals surface area contributed by atoms with E-state index in [-0.39, 0.29) is 0 Å². The van der Waals surface area contributed by atoms with E-state index in [4.69, 9.17) is 4.74 Å². The Hall–Kier alpha value is -0.980. The van der Waals surface area contributed by atoms with Gasteiger partial charge in [0, 0.05) is 6.42 Å². The van der Waals surface area contributed by atoms with Gasteiger partial charge in [0.2, 0.25) is 0 Å². The maximum absolute atomic E-state index is 5.56. The standard InChI is InChI=1S/C10H12O/c1-7-3-4-10-9(5-7)6-8(2)11-10/h3-5,8H,6H2,1-2H3. The van der Waals surface area contributed by atoms with Gasteiger partial charge in [-0.1, -0.05) is 17.7 Å². The normalized spacial score (nSPS) is 21.1. The maximum Gasteiger partial charge on any atom is 0.123 e. The number of hydrogen-bond donors (Lipinski definition) is 0. The van der Waals surface area contributed by atoms with E-state index in [1.807, 2.05) is 0 Å². The van der Waals surface area contributed by atoms with Gasteiger partial charge >= 0.3 is 0 Å². The largest absolute Gasteiger partial charge is 0.490 e. The van der Waals surface area contributed by atoms with Gasteiger partial charge in [0.25, 0.3) is 0 Å². The lowest BCUT2D eigenvalue weighted by Gasteiger charge is -2.01. The number of rotatable bonds is 0. The molecule has 58 valence electrons. The molecule has 0 fully saturated rings. The highest BCUT2D eigenvalue weighted by molar-refractivity contribution is 5.40. The first-order chi connectivity index (χ1) is 5.25. The van der Waals surface area contributed by atoms with Crippen LogP contribution < -0.4 is 4.74 Å². The molecule has 1 unspecified atom stereocenters. The van der Waals surface area contributed by atoms with Crippen molar-refractivity contribution < 1.29 is 4.74 Å². The molecule has 0 radical (unpaired) electrons. The summed E-state index contributed by atoms with van der Waals surface area (Å²) in [5.41, 5.74) is 2.68. The second-order valence-corrected chi connectivity index (χ2v) is 3.24. The molecule has 1 aliphatic rings. The smallest absolute Gasteiger partial charge is 0.123 e. The second kappa shape index (κ2) is 2.26. The van der Waals surface area contributed by atoms with Crippen LogP contribution >= 0.6 is 0 Å². The quantitative estimate of drug-likeness (QED) is 0.548. The van der Waals surface area contributed by atoms with Crippen LogP contribution in [0.5, 0.6) is 5.75 Å². The Kier molecular flexibility index (Phi) is 1.38. The van der Waals surface area contributed by atoms with Crippen LogP contribution in [0.4, 0.5) is 0 Å². The molecular weight excluding hydrogens is 136 g/mol. The average molecular weight is 148 g/mol. The zero-order valence-electron chi connectivity index (χ0n) is 6.92. The molecule has 0 saturated heterocycles. The van der Waals surface area contributed by atoms with Gasteiger partial charge in [0.1, 0.15) is 11.9 Å². The van der Waals surface area contributed by atoms with Crippen molar-refractivity contribution in [2.75, 3.05) is 0 Å². The van der Waals surface area contributed by atoms with E-state index in [2.05, 4.69) is 32.0 Å². The van der Waals surface area contributed by atoms with Gasteiger partial charge in [-0.3, -0.25) is 0 Å². The van der Waals surface area contributed by atoms with Crippen LogP contribution in [0.1, 0.15) is 18.1 Å². The molecule has 1 nitrogen and oxygen atoms in total. The summed E-state index contributed by atoms with van der Waals surface area (Å²) < 4.78 is 5.56. The highest BCUT2D eigenvalue weighted by atomic mass is 16.5. The van der Waals surface area contributed by atoms with Gasteiger partial charge in [-0.25, -0.2) is 0 Å². The molecule has 2 rings (SSSR count). The molecule has 0 N–H and O–H groups in total. The maximum atomic E-state index is 5.56. The van der Waals surface area contributed by atoms with Gasteiger partial charge in [-0.15, -0.1) is 0 Å². The molecule has 0 amide bonds. The fourth-order valence-corrected chi connectivity index (χ4v) is 1.55. The van der Waals surface area contributed by atoms with Crippen LogP contribution in [0.2, 0.25) is 0 Å². The SMILES string of the molecule is Cc1ccc2c(c1)CC(C)O2. The van der Waals surface area contributed by atoms with Crippen LogP contribution in [0, 0.1) is 6.92 Å². The second-order valence-electron chi connectivity index (χ2n) is 3.24. The fourth-order valence-electron chi connectivity index (χ4n) is 1.55. The summed E-state index contributed by atoms with van der Waals surface area (Å²) in [5.74, 6) is 1.07. The molecule has 0 saturated carbocycles. The third-order valence-corrected chi connectivity index (χ3v) is 2.05. The van der Waals surface area contributed by atoms with Crippen molar-refractivity contribution in [2.24, 2.45) is 0 Å². The molecule has 1 aromatic carbocycles. The van der Waals surface area contributed by atoms with Crippen molar-refractivity contribution in [3.05, 3.63) is 29.3 Å². The Balaban J connectivity index is 2.43. The Bertz CT molecular complexity index is 278. The van der Waals surface area contributed by atoms with Crippen molar-refractivity contribution in [3.8, 4) is 5.75 Å². The van der Waals surface area contributed by atoms with Crippen molar-refractivity contribution >= 4 is 0 Å². The van der Waals surface area contributed by atoms with Crippen LogP contribution in [0.15, 0.2) is 18.2 Å². The van der Waals surface area contributed by atoms with Gasteiger partial charge < -0.3 is 4.74 Å². The fraction of sp³-hybridized carbons (Fsp3) is 0.400. The lowest BCUT2D eigenvalue weighted by atomic mass is 10.1. The summed E-state index contributed by atoms with van der Waals surface area (Å²) in [4.78, 5) is 0. The highest BCUT2D eigenvalue weighted by Crippen LogP contribution is 2.28. The van der Waals surface area contributed by atoms with Crippen molar-refractivity contribution in [1.82, 2.24) is 0 Å². The number of benzene rings is 1. The number of ether oxygens (including phenoxy) is 1. The molecule has 1 aliphatic heterocycles. The molecule has 0 aliphatic carbocycles. The van der Waals surface area contributed by atoms with E-state index in [0.717, 1.165) is 12.2 Å². The minimum Gasteiger partial charge on any atom is -0.490 e. The summed E-state index contributed by atoms with van der Waals surface area (Å²) >= 11 is 0. The van der Waals surface area contributed by atoms with Crippen molar-refractivity contribution in [1.29, 1.82) is 0 Å². The topological polar surface area (TPSA) is 9.23 Å². The molecule has 0 spiro atoms. The zero-order valence-corrected chi connectivity index (χ0v) is 6.92. The Morgan fingerprint density at radius 1 is 1.45 bits per heavy atom. The summed E-state index contributed by atoms with van der Waals surface area (Å²) in [7, 11) is 0. The van der Waals surface area contributed by atoms with Crippen LogP contribution in [0.3, 0.4) is 0 Å². The predicted molar refractivity (Wildman–Crippen MR) is 45.0 cm³/mol. The predicted octanol–water partition coefficient (Wildman–Crippen LogP) is 2.32. The van der Waals surface area contributed by atoms with E-state index in [1.54, 1.807) is 0 Å². The Labute approximate surface area is 67.0 Å². The minimum atomic E-state index is 0.367. The van der Waals surface area contributed by atoms with Gasteiger partial charge in [0.05, 0.1) is 0 Å². The lowest BCUT2D eigenvalue weighted by Crippen LogP contribution is -2.05. The molecule has 0 aromatic heterocycles. The minimum absolute atomic E-state index is 0.367. The summed E-state index contributed by atoms with van der Waals surface area (Å²) in [6, 6.07) is 6.36. The first-order valence-electron chi connectivity index (χ1n) is 4.02. The molecule has 1 aromatic rings. The summed E-state index contributed by atoms with van der Waals surface area (Å²) in [6.07, 6.45) is 1.43. The molecule has 1 heterocycles. The van der Waals surface area contributed by atoms with Gasteiger partial charge in [-0.2, -0.15) is 0 Å². The zero-order chi connectivity index (χ0) is 7.84. The number of hydrogen-bond acceptors (Lipinski definition) is 1. The van der Waals surface area contributed by atoms with E-state index >= 15 is 0 Å². The summed E-state index contributed by atoms with van der Waals surface area (Å²) in [6.45, 7) is 4.22. The molecule has 11 heavy (non-hydrogen) atoms. The Morgan fingerprint density at radius 2 is 2.27 bits per heavy atom. The van der Waals surface area contributed by atoms with Crippen molar-refractivity contribution in [2.45, 2.75) is 26.4 Å². The highest BCUT2D eigenvalue weighted by Gasteiger charge is 2.17. The van der Waals surface area contributed by atoms with Crippen LogP contribution in [-0.4, -0.2) is 6.10 Å². The molecule has 0 bridgehead atoms. The monoisotopic (exact) mass is 148 g/mol. The number of fused-ring (bicyclic) bond motifs is 1. The lowest BCUT2D eigenvalue weighted by molar-refractivity contribution is 0.254. The van der Waals surface area contributed by atoms with Gasteiger partial charge in [-0.05, 0) is 25.5 Å². The van der Waals surface area contributed by atoms with E-state index in [9.17, 15) is 0 Å². The molecular formula is C10H12O. The molecule has 1 heteroatoms. The third kappa shape index (κ3) is 1.11. The van der Waals surface area contributed by atoms with Crippen molar-refractivity contribution in [3.63, 3.8) is 0 Å². The molecule has 1 atom stereocenters. The summed E-state index contributed by atoms with van der Waals surface area (Å²) in [5, 5.41) is 0. The Morgan fingerprint density at radius 3 is 3.09 bits per heavy atom. The van der Waals surface area contributed by atoms with Crippen LogP contribution in [0.25, 0.3) is 0 Å². The van der Waals surface area contributed by atoms with E-state index in [0.29, 0.717) is 6.10 Å².